The third-order valence-electron chi connectivity index (χ3n) is 13.9. The second-order valence-corrected chi connectivity index (χ2v) is 20.8. The van der Waals surface area contributed by atoms with Gasteiger partial charge in [0.05, 0.1) is 25.2 Å². The van der Waals surface area contributed by atoms with Crippen molar-refractivity contribution in [3.63, 3.8) is 0 Å². The minimum absolute atomic E-state index is 0.0433. The summed E-state index contributed by atoms with van der Waals surface area (Å²) in [6, 6.07) is -0.719. The van der Waals surface area contributed by atoms with Crippen LogP contribution < -0.4 is 5.32 Å². The van der Waals surface area contributed by atoms with Crippen LogP contribution in [0.2, 0.25) is 0 Å². The topological polar surface area (TPSA) is 95.9 Å². The Kier molecular flexibility index (Phi) is 54.9. The molecule has 6 heteroatoms. The molecule has 0 aromatic rings. The maximum atomic E-state index is 13.3. The third-order valence-corrected chi connectivity index (χ3v) is 13.9. The van der Waals surface area contributed by atoms with Crippen LogP contribution in [0.15, 0.2) is 48.6 Å². The van der Waals surface area contributed by atoms with Crippen LogP contribution in [0.3, 0.4) is 0 Å². The molecule has 3 N–H and O–H groups in total. The lowest BCUT2D eigenvalue weighted by atomic mass is 10.0. The van der Waals surface area contributed by atoms with E-state index in [0.717, 1.165) is 70.6 Å². The van der Waals surface area contributed by atoms with E-state index in [0.29, 0.717) is 19.3 Å². The molecule has 0 aromatic carbocycles. The number of allylic oxidation sites excluding steroid dienone is 8. The molecular formula is C63H117NO5. The molecule has 0 spiro atoms. The molecule has 0 radical (unpaired) electrons. The molecule has 3 atom stereocenters. The molecule has 69 heavy (non-hydrogen) atoms. The number of hydrogen-bond acceptors (Lipinski definition) is 5. The van der Waals surface area contributed by atoms with Gasteiger partial charge in [0.15, 0.2) is 0 Å². The predicted molar refractivity (Wildman–Crippen MR) is 301 cm³/mol. The van der Waals surface area contributed by atoms with Crippen molar-refractivity contribution in [1.82, 2.24) is 5.32 Å². The summed E-state index contributed by atoms with van der Waals surface area (Å²) in [5, 5.41) is 23.9. The summed E-state index contributed by atoms with van der Waals surface area (Å²) in [7, 11) is 0. The highest BCUT2D eigenvalue weighted by atomic mass is 16.5. The van der Waals surface area contributed by atoms with Gasteiger partial charge in [-0.1, -0.05) is 288 Å². The van der Waals surface area contributed by atoms with Crippen LogP contribution in [0.4, 0.5) is 0 Å². The lowest BCUT2D eigenvalue weighted by Gasteiger charge is -2.24. The average Bonchev–Trinajstić information content (AvgIpc) is 3.34. The van der Waals surface area contributed by atoms with Crippen LogP contribution in [-0.2, 0) is 14.3 Å². The first-order valence-electron chi connectivity index (χ1n) is 30.4. The van der Waals surface area contributed by atoms with E-state index in [-0.39, 0.29) is 24.9 Å². The highest BCUT2D eigenvalue weighted by Gasteiger charge is 2.24. The van der Waals surface area contributed by atoms with Gasteiger partial charge < -0.3 is 20.3 Å². The summed E-state index contributed by atoms with van der Waals surface area (Å²) in [6.45, 7) is 6.48. The average molecular weight is 969 g/mol. The van der Waals surface area contributed by atoms with E-state index in [1.54, 1.807) is 0 Å². The van der Waals surface area contributed by atoms with Crippen LogP contribution in [0.1, 0.15) is 316 Å². The van der Waals surface area contributed by atoms with Gasteiger partial charge in [-0.2, -0.15) is 0 Å². The van der Waals surface area contributed by atoms with E-state index in [4.69, 9.17) is 4.74 Å². The fourth-order valence-electron chi connectivity index (χ4n) is 9.30. The first-order valence-corrected chi connectivity index (χ1v) is 30.4. The van der Waals surface area contributed by atoms with Crippen LogP contribution in [0.25, 0.3) is 0 Å². The molecule has 0 heterocycles. The fraction of sp³-hybridized carbons (Fsp3) is 0.841. The number of unbranched alkanes of at least 4 members (excludes halogenated alkanes) is 35. The van der Waals surface area contributed by atoms with Gasteiger partial charge in [0.25, 0.3) is 0 Å². The molecule has 0 rings (SSSR count). The van der Waals surface area contributed by atoms with Crippen molar-refractivity contribution in [1.29, 1.82) is 0 Å². The highest BCUT2D eigenvalue weighted by molar-refractivity contribution is 5.77. The van der Waals surface area contributed by atoms with Gasteiger partial charge in [0, 0.05) is 6.42 Å². The van der Waals surface area contributed by atoms with Crippen molar-refractivity contribution in [2.45, 2.75) is 334 Å². The van der Waals surface area contributed by atoms with Crippen LogP contribution in [0.5, 0.6) is 0 Å². The molecule has 0 saturated carbocycles. The minimum Gasteiger partial charge on any atom is -0.462 e. The summed E-state index contributed by atoms with van der Waals surface area (Å²) < 4.78 is 5.95. The predicted octanol–water partition coefficient (Wildman–Crippen LogP) is 19.0. The molecule has 0 aliphatic carbocycles. The molecule has 0 saturated heterocycles. The summed E-state index contributed by atoms with van der Waals surface area (Å²) in [5.74, 6) is -0.512. The number of hydrogen-bond donors (Lipinski definition) is 3. The normalized spacial score (nSPS) is 13.4. The number of rotatable bonds is 55. The van der Waals surface area contributed by atoms with E-state index in [9.17, 15) is 19.8 Å². The molecule has 0 aliphatic heterocycles. The second-order valence-electron chi connectivity index (χ2n) is 20.8. The van der Waals surface area contributed by atoms with Crippen molar-refractivity contribution < 1.29 is 24.5 Å². The molecular weight excluding hydrogens is 851 g/mol. The van der Waals surface area contributed by atoms with Crippen LogP contribution in [0, 0.1) is 0 Å². The number of ether oxygens (including phenoxy) is 1. The van der Waals surface area contributed by atoms with Gasteiger partial charge in [0.1, 0.15) is 6.10 Å². The Balaban J connectivity index is 4.61. The quantitative estimate of drug-likeness (QED) is 0.0321. The zero-order chi connectivity index (χ0) is 50.2. The number of nitrogens with one attached hydrogen (secondary N) is 1. The van der Waals surface area contributed by atoms with Crippen molar-refractivity contribution in [3.05, 3.63) is 48.6 Å². The first kappa shape index (κ1) is 66.8. The van der Waals surface area contributed by atoms with E-state index in [2.05, 4.69) is 74.7 Å². The maximum Gasteiger partial charge on any atom is 0.306 e. The van der Waals surface area contributed by atoms with Gasteiger partial charge >= 0.3 is 5.97 Å². The maximum absolute atomic E-state index is 13.3. The zero-order valence-corrected chi connectivity index (χ0v) is 46.2. The largest absolute Gasteiger partial charge is 0.462 e. The van der Waals surface area contributed by atoms with Crippen molar-refractivity contribution in [2.75, 3.05) is 6.61 Å². The van der Waals surface area contributed by atoms with Crippen molar-refractivity contribution in [3.8, 4) is 0 Å². The third kappa shape index (κ3) is 52.0. The Morgan fingerprint density at radius 2 is 0.754 bits per heavy atom. The second kappa shape index (κ2) is 56.7. The number of amides is 1. The standard InChI is InChI=1S/C63H117NO5/c1-4-7-10-13-16-19-22-25-28-31-33-36-39-42-45-48-51-54-59(69-63(68)56-53-50-47-44-41-38-35-32-29-26-23-20-17-14-11-8-5-2)57-62(67)64-60(58-65)61(66)55-52-49-46-43-40-37-34-30-27-24-21-18-15-12-9-6-3/h16,19,25,28,33,36,42,45,59-61,65-66H,4-15,17-18,20-24,26-27,29-32,34-35,37-41,43-44,46-58H2,1-3H3,(H,64,67)/b19-16-,28-25-,36-33-,45-42-. The number of esters is 1. The summed E-state index contributed by atoms with van der Waals surface area (Å²) in [6.07, 6.45) is 70.4. The molecule has 0 bridgehead atoms. The molecule has 3 unspecified atom stereocenters. The minimum atomic E-state index is -0.802. The number of aliphatic hydroxyl groups is 2. The zero-order valence-electron chi connectivity index (χ0n) is 46.2. The Morgan fingerprint density at radius 3 is 1.14 bits per heavy atom. The smallest absolute Gasteiger partial charge is 0.306 e. The van der Waals surface area contributed by atoms with Crippen LogP contribution >= 0.6 is 0 Å². The lowest BCUT2D eigenvalue weighted by molar-refractivity contribution is -0.151. The summed E-state index contributed by atoms with van der Waals surface area (Å²) >= 11 is 0. The molecule has 6 nitrogen and oxygen atoms in total. The van der Waals surface area contributed by atoms with Crippen LogP contribution in [-0.4, -0.2) is 46.9 Å². The molecule has 1 amide bonds. The monoisotopic (exact) mass is 968 g/mol. The summed E-state index contributed by atoms with van der Waals surface area (Å²) in [5.41, 5.74) is 0. The van der Waals surface area contributed by atoms with E-state index >= 15 is 0 Å². The van der Waals surface area contributed by atoms with E-state index in [1.807, 2.05) is 0 Å². The van der Waals surface area contributed by atoms with Gasteiger partial charge in [0.2, 0.25) is 5.91 Å². The molecule has 404 valence electrons. The number of carbonyl (C=O) groups is 2. The SMILES string of the molecule is CCCCC/C=C\C/C=C\C/C=C\C/C=C\CCCC(CC(=O)NC(CO)C(O)CCCCCCCCCCCCCCCCCC)OC(=O)CCCCCCCCCCCCCCCCCCC. The number of aliphatic hydroxyl groups excluding tert-OH is 2. The highest BCUT2D eigenvalue weighted by Crippen LogP contribution is 2.18. The van der Waals surface area contributed by atoms with Crippen molar-refractivity contribution in [2.24, 2.45) is 0 Å². The van der Waals surface area contributed by atoms with E-state index in [1.165, 1.54) is 199 Å². The Bertz CT molecular complexity index is 1180. The first-order chi connectivity index (χ1) is 34.0. The molecule has 0 fully saturated rings. The Labute approximate surface area is 429 Å². The lowest BCUT2D eigenvalue weighted by Crippen LogP contribution is -2.46. The fourth-order valence-corrected chi connectivity index (χ4v) is 9.30. The van der Waals surface area contributed by atoms with Gasteiger partial charge in [-0.05, 0) is 64.2 Å². The van der Waals surface area contributed by atoms with Gasteiger partial charge in [-0.25, -0.2) is 0 Å². The number of carbonyl (C=O) groups excluding carboxylic acids is 2. The van der Waals surface area contributed by atoms with Gasteiger partial charge in [-0.15, -0.1) is 0 Å². The Morgan fingerprint density at radius 1 is 0.420 bits per heavy atom. The van der Waals surface area contributed by atoms with Crippen molar-refractivity contribution >= 4 is 11.9 Å². The summed E-state index contributed by atoms with van der Waals surface area (Å²) in [4.78, 5) is 26.3. The molecule has 0 aromatic heterocycles. The van der Waals surface area contributed by atoms with E-state index < -0.39 is 18.2 Å². The van der Waals surface area contributed by atoms with Gasteiger partial charge in [-0.3, -0.25) is 9.59 Å². The Hall–Kier alpha value is -2.18. The molecule has 0 aliphatic rings.